The molecule has 172 valence electrons. The highest BCUT2D eigenvalue weighted by molar-refractivity contribution is 14.0. The van der Waals surface area contributed by atoms with Gasteiger partial charge in [0.25, 0.3) is 0 Å². The summed E-state index contributed by atoms with van der Waals surface area (Å²) in [4.78, 5) is 4.62. The van der Waals surface area contributed by atoms with Gasteiger partial charge in [-0.25, -0.2) is 8.42 Å². The first-order chi connectivity index (χ1) is 14.2. The zero-order valence-corrected chi connectivity index (χ0v) is 22.1. The number of hydrogen-bond acceptors (Lipinski definition) is 4. The third kappa shape index (κ3) is 9.47. The predicted octanol–water partition coefficient (Wildman–Crippen LogP) is 3.96. The Kier molecular flexibility index (Phi) is 11.3. The number of aryl methyl sites for hydroxylation is 1. The number of sulfone groups is 1. The van der Waals surface area contributed by atoms with Gasteiger partial charge in [-0.1, -0.05) is 38.1 Å². The molecule has 31 heavy (non-hydrogen) atoms. The number of benzene rings is 2. The van der Waals surface area contributed by atoms with Crippen LogP contribution in [0.4, 0.5) is 0 Å². The highest BCUT2D eigenvalue weighted by Crippen LogP contribution is 2.16. The van der Waals surface area contributed by atoms with E-state index in [-0.39, 0.29) is 24.0 Å². The zero-order chi connectivity index (χ0) is 22.1. The highest BCUT2D eigenvalue weighted by Gasteiger charge is 2.11. The number of nitrogens with one attached hydrogen (secondary N) is 2. The molecule has 0 amide bonds. The van der Waals surface area contributed by atoms with Crippen LogP contribution in [0.1, 0.15) is 30.5 Å². The Morgan fingerprint density at radius 2 is 1.71 bits per heavy atom. The Balaban J connectivity index is 0.00000480. The molecule has 0 heterocycles. The van der Waals surface area contributed by atoms with Crippen molar-refractivity contribution in [3.8, 4) is 5.75 Å². The van der Waals surface area contributed by atoms with Crippen molar-refractivity contribution in [2.75, 3.05) is 26.5 Å². The summed E-state index contributed by atoms with van der Waals surface area (Å²) in [6, 6.07) is 13.6. The van der Waals surface area contributed by atoms with Gasteiger partial charge < -0.3 is 15.4 Å². The molecule has 0 radical (unpaired) electrons. The van der Waals surface area contributed by atoms with Crippen LogP contribution < -0.4 is 15.4 Å². The van der Waals surface area contributed by atoms with Crippen molar-refractivity contribution in [2.24, 2.45) is 10.9 Å². The average molecular weight is 560 g/mol. The van der Waals surface area contributed by atoms with Gasteiger partial charge in [-0.15, -0.1) is 24.0 Å². The predicted molar refractivity (Wildman–Crippen MR) is 138 cm³/mol. The van der Waals surface area contributed by atoms with Gasteiger partial charge >= 0.3 is 0 Å². The molecule has 0 unspecified atom stereocenters. The van der Waals surface area contributed by atoms with Gasteiger partial charge in [-0.05, 0) is 54.2 Å². The fourth-order valence-electron chi connectivity index (χ4n) is 2.98. The Morgan fingerprint density at radius 1 is 1.06 bits per heavy atom. The number of aliphatic imine (C=N–C) groups is 1. The molecule has 2 N–H and O–H groups in total. The number of nitrogens with zero attached hydrogens (tertiary/aromatic N) is 1. The van der Waals surface area contributed by atoms with Gasteiger partial charge in [0.05, 0.1) is 11.5 Å². The van der Waals surface area contributed by atoms with E-state index < -0.39 is 9.84 Å². The molecule has 0 aliphatic heterocycles. The number of ether oxygens (including phenoxy) is 1. The van der Waals surface area contributed by atoms with Crippen molar-refractivity contribution in [2.45, 2.75) is 38.6 Å². The largest absolute Gasteiger partial charge is 0.493 e. The van der Waals surface area contributed by atoms with Crippen molar-refractivity contribution in [1.82, 2.24) is 10.6 Å². The summed E-state index contributed by atoms with van der Waals surface area (Å²) >= 11 is 0. The van der Waals surface area contributed by atoms with Gasteiger partial charge in [0.15, 0.2) is 15.8 Å². The molecule has 2 aromatic carbocycles. The summed E-state index contributed by atoms with van der Waals surface area (Å²) in [5.41, 5.74) is 2.97. The minimum atomic E-state index is -3.20. The van der Waals surface area contributed by atoms with Gasteiger partial charge in [0.1, 0.15) is 5.75 Å². The summed E-state index contributed by atoms with van der Waals surface area (Å²) in [5, 5.41) is 6.57. The van der Waals surface area contributed by atoms with Crippen LogP contribution in [-0.2, 0) is 22.8 Å². The summed E-state index contributed by atoms with van der Waals surface area (Å²) in [7, 11) is -1.47. The normalized spacial score (nSPS) is 11.7. The zero-order valence-electron chi connectivity index (χ0n) is 18.9. The summed E-state index contributed by atoms with van der Waals surface area (Å²) in [5.74, 6) is 2.11. The standard InChI is InChI=1S/C23H33N3O3S.HI/c1-17(2)16-29-21-9-6-19(7-10-21)12-13-25-23(24-4)26-15-20-8-11-22(18(3)14-20)30(5,27)28;/h6-11,14,17H,12-13,15-16H2,1-5H3,(H2,24,25,26);1H. The molecule has 2 aromatic rings. The van der Waals surface area contributed by atoms with Crippen molar-refractivity contribution < 1.29 is 13.2 Å². The molecule has 2 rings (SSSR count). The van der Waals surface area contributed by atoms with Crippen LogP contribution in [0.2, 0.25) is 0 Å². The minimum Gasteiger partial charge on any atom is -0.493 e. The van der Waals surface area contributed by atoms with E-state index in [1.54, 1.807) is 13.1 Å². The maximum Gasteiger partial charge on any atom is 0.191 e. The molecule has 0 saturated heterocycles. The molecule has 0 bridgehead atoms. The number of guanidine groups is 1. The first-order valence-corrected chi connectivity index (χ1v) is 12.0. The minimum absolute atomic E-state index is 0. The quantitative estimate of drug-likeness (QED) is 0.276. The van der Waals surface area contributed by atoms with E-state index in [2.05, 4.69) is 41.6 Å². The van der Waals surface area contributed by atoms with Crippen LogP contribution in [0.5, 0.6) is 5.75 Å². The smallest absolute Gasteiger partial charge is 0.191 e. The second-order valence-electron chi connectivity index (χ2n) is 7.82. The van der Waals surface area contributed by atoms with Crippen molar-refractivity contribution in [1.29, 1.82) is 0 Å². The summed E-state index contributed by atoms with van der Waals surface area (Å²) < 4.78 is 29.2. The van der Waals surface area contributed by atoms with Crippen LogP contribution >= 0.6 is 24.0 Å². The topological polar surface area (TPSA) is 79.8 Å². The molecular weight excluding hydrogens is 525 g/mol. The number of halogens is 1. The highest BCUT2D eigenvalue weighted by atomic mass is 127. The van der Waals surface area contributed by atoms with Crippen molar-refractivity contribution in [3.05, 3.63) is 59.2 Å². The number of rotatable bonds is 9. The van der Waals surface area contributed by atoms with Crippen LogP contribution in [0.3, 0.4) is 0 Å². The van der Waals surface area contributed by atoms with E-state index in [0.717, 1.165) is 36.4 Å². The molecule has 0 saturated carbocycles. The van der Waals surface area contributed by atoms with Crippen LogP contribution in [-0.4, -0.2) is 40.8 Å². The van der Waals surface area contributed by atoms with Crippen LogP contribution in [0, 0.1) is 12.8 Å². The second-order valence-corrected chi connectivity index (χ2v) is 9.81. The summed E-state index contributed by atoms with van der Waals surface area (Å²) in [6.07, 6.45) is 2.10. The van der Waals surface area contributed by atoms with Crippen LogP contribution in [0.15, 0.2) is 52.4 Å². The maximum atomic E-state index is 11.7. The van der Waals surface area contributed by atoms with Crippen molar-refractivity contribution in [3.63, 3.8) is 0 Å². The van der Waals surface area contributed by atoms with Gasteiger partial charge in [0.2, 0.25) is 0 Å². The lowest BCUT2D eigenvalue weighted by Gasteiger charge is -2.13. The van der Waals surface area contributed by atoms with Gasteiger partial charge in [-0.2, -0.15) is 0 Å². The molecule has 0 atom stereocenters. The lowest BCUT2D eigenvalue weighted by atomic mass is 10.1. The fourth-order valence-corrected chi connectivity index (χ4v) is 3.94. The van der Waals surface area contributed by atoms with Crippen molar-refractivity contribution >= 4 is 39.8 Å². The first-order valence-electron chi connectivity index (χ1n) is 10.1. The Hall–Kier alpha value is -1.81. The fraction of sp³-hybridized carbons (Fsp3) is 0.435. The van der Waals surface area contributed by atoms with E-state index in [1.165, 1.54) is 11.8 Å². The maximum absolute atomic E-state index is 11.7. The lowest BCUT2D eigenvalue weighted by Crippen LogP contribution is -2.37. The average Bonchev–Trinajstić information content (AvgIpc) is 2.69. The van der Waals surface area contributed by atoms with E-state index in [9.17, 15) is 8.42 Å². The van der Waals surface area contributed by atoms with Gasteiger partial charge in [0, 0.05) is 26.4 Å². The van der Waals surface area contributed by atoms with Crippen LogP contribution in [0.25, 0.3) is 0 Å². The molecule has 0 aliphatic carbocycles. The molecule has 0 fully saturated rings. The first kappa shape index (κ1) is 27.2. The summed E-state index contributed by atoms with van der Waals surface area (Å²) in [6.45, 7) is 8.11. The lowest BCUT2D eigenvalue weighted by molar-refractivity contribution is 0.271. The monoisotopic (exact) mass is 559 g/mol. The molecule has 0 aromatic heterocycles. The SMILES string of the molecule is CN=C(NCCc1ccc(OCC(C)C)cc1)NCc1ccc(S(C)(=O)=O)c(C)c1.I. The van der Waals surface area contributed by atoms with Gasteiger partial charge in [-0.3, -0.25) is 4.99 Å². The van der Waals surface area contributed by atoms with E-state index in [1.807, 2.05) is 31.2 Å². The Labute approximate surface area is 203 Å². The Bertz CT molecular complexity index is 959. The third-order valence-electron chi connectivity index (χ3n) is 4.54. The molecule has 8 heteroatoms. The molecule has 6 nitrogen and oxygen atoms in total. The van der Waals surface area contributed by atoms with E-state index in [0.29, 0.717) is 23.3 Å². The second kappa shape index (κ2) is 12.9. The number of hydrogen-bond donors (Lipinski definition) is 2. The molecule has 0 aliphatic rings. The molecular formula is C23H34IN3O3S. The Morgan fingerprint density at radius 3 is 2.26 bits per heavy atom. The van der Waals surface area contributed by atoms with E-state index >= 15 is 0 Å². The molecule has 0 spiro atoms. The van der Waals surface area contributed by atoms with E-state index in [4.69, 9.17) is 4.74 Å². The third-order valence-corrected chi connectivity index (χ3v) is 5.79.